The molecule has 134 valence electrons. The third kappa shape index (κ3) is 3.37. The average molecular weight is 349 g/mol. The van der Waals surface area contributed by atoms with E-state index < -0.39 is 0 Å². The summed E-state index contributed by atoms with van der Waals surface area (Å²) in [5.41, 5.74) is 1.93. The molecule has 26 heavy (non-hydrogen) atoms. The highest BCUT2D eigenvalue weighted by Crippen LogP contribution is 2.27. The molecule has 1 saturated heterocycles. The van der Waals surface area contributed by atoms with E-state index in [1.54, 1.807) is 6.26 Å². The Bertz CT molecular complexity index is 949. The Morgan fingerprint density at radius 3 is 2.81 bits per heavy atom. The average Bonchev–Trinajstić information content (AvgIpc) is 2.67. The van der Waals surface area contributed by atoms with Gasteiger partial charge in [-0.1, -0.05) is 36.4 Å². The van der Waals surface area contributed by atoms with Crippen LogP contribution < -0.4 is 10.2 Å². The van der Waals surface area contributed by atoms with Gasteiger partial charge in [-0.3, -0.25) is 4.79 Å². The molecule has 0 aliphatic carbocycles. The summed E-state index contributed by atoms with van der Waals surface area (Å²) in [6.45, 7) is 2.81. The van der Waals surface area contributed by atoms with Gasteiger partial charge in [-0.15, -0.1) is 0 Å². The summed E-state index contributed by atoms with van der Waals surface area (Å²) >= 11 is 0. The summed E-state index contributed by atoms with van der Waals surface area (Å²) in [5, 5.41) is 0.526. The molecule has 1 fully saturated rings. The molecule has 3 aromatic rings. The van der Waals surface area contributed by atoms with E-state index in [2.05, 4.69) is 11.9 Å². The van der Waals surface area contributed by atoms with E-state index in [0.717, 1.165) is 18.7 Å². The van der Waals surface area contributed by atoms with Crippen molar-refractivity contribution in [2.75, 3.05) is 26.7 Å². The summed E-state index contributed by atoms with van der Waals surface area (Å²) in [7, 11) is 2.14. The van der Waals surface area contributed by atoms with Gasteiger partial charge in [0.25, 0.3) is 0 Å². The molecule has 4 heteroatoms. The van der Waals surface area contributed by atoms with E-state index in [0.29, 0.717) is 34.8 Å². The molecule has 0 spiro atoms. The van der Waals surface area contributed by atoms with E-state index >= 15 is 0 Å². The zero-order valence-electron chi connectivity index (χ0n) is 15.0. The molecule has 2 heterocycles. The number of rotatable bonds is 4. The fourth-order valence-electron chi connectivity index (χ4n) is 3.70. The minimum Gasteiger partial charge on any atom is -0.492 e. The van der Waals surface area contributed by atoms with Crippen molar-refractivity contribution in [3.05, 3.63) is 65.0 Å². The first-order valence-electron chi connectivity index (χ1n) is 9.13. The van der Waals surface area contributed by atoms with Gasteiger partial charge < -0.3 is 14.1 Å². The second kappa shape index (κ2) is 7.34. The van der Waals surface area contributed by atoms with E-state index in [1.807, 2.05) is 48.5 Å². The second-order valence-electron chi connectivity index (χ2n) is 7.06. The lowest BCUT2D eigenvalue weighted by atomic mass is 9.99. The molecule has 1 aromatic heterocycles. The van der Waals surface area contributed by atoms with E-state index in [-0.39, 0.29) is 5.43 Å². The molecule has 0 amide bonds. The Morgan fingerprint density at radius 1 is 1.15 bits per heavy atom. The Kier molecular flexibility index (Phi) is 4.76. The third-order valence-electron chi connectivity index (χ3n) is 5.04. The maximum Gasteiger partial charge on any atom is 0.204 e. The molecule has 1 aliphatic rings. The highest BCUT2D eigenvalue weighted by molar-refractivity contribution is 5.87. The van der Waals surface area contributed by atoms with Gasteiger partial charge in [0.15, 0.2) is 0 Å². The predicted molar refractivity (Wildman–Crippen MR) is 104 cm³/mol. The van der Waals surface area contributed by atoms with Crippen LogP contribution in [0.15, 0.2) is 64.0 Å². The fourth-order valence-corrected chi connectivity index (χ4v) is 3.70. The zero-order chi connectivity index (χ0) is 17.9. The van der Waals surface area contributed by atoms with Crippen molar-refractivity contribution >= 4 is 11.0 Å². The van der Waals surface area contributed by atoms with Gasteiger partial charge in [0, 0.05) is 12.5 Å². The van der Waals surface area contributed by atoms with Crippen LogP contribution in [0, 0.1) is 5.92 Å². The number of likely N-dealkylation sites (tertiary alicyclic amines) is 1. The molecule has 4 nitrogen and oxygen atoms in total. The number of fused-ring (bicyclic) bond motifs is 1. The van der Waals surface area contributed by atoms with E-state index in [4.69, 9.17) is 9.15 Å². The normalized spacial score (nSPS) is 18.1. The number of benzene rings is 2. The van der Waals surface area contributed by atoms with Crippen molar-refractivity contribution in [1.29, 1.82) is 0 Å². The van der Waals surface area contributed by atoms with Crippen molar-refractivity contribution in [3.63, 3.8) is 0 Å². The van der Waals surface area contributed by atoms with Gasteiger partial charge in [-0.05, 0) is 44.1 Å². The van der Waals surface area contributed by atoms with Crippen LogP contribution in [0.2, 0.25) is 0 Å². The van der Waals surface area contributed by atoms with Gasteiger partial charge >= 0.3 is 0 Å². The Morgan fingerprint density at radius 2 is 2.00 bits per heavy atom. The van der Waals surface area contributed by atoms with Crippen LogP contribution in [0.1, 0.15) is 12.8 Å². The second-order valence-corrected chi connectivity index (χ2v) is 7.06. The molecule has 0 bridgehead atoms. The van der Waals surface area contributed by atoms with Gasteiger partial charge in [0.2, 0.25) is 5.43 Å². The molecule has 0 N–H and O–H groups in total. The summed E-state index contributed by atoms with van der Waals surface area (Å²) in [6.07, 6.45) is 3.90. The number of hydrogen-bond donors (Lipinski definition) is 0. The molecule has 2 aromatic carbocycles. The lowest BCUT2D eigenvalue weighted by molar-refractivity contribution is 0.151. The largest absolute Gasteiger partial charge is 0.492 e. The number of piperidine rings is 1. The first kappa shape index (κ1) is 16.9. The summed E-state index contributed by atoms with van der Waals surface area (Å²) in [6, 6.07) is 15.1. The van der Waals surface area contributed by atoms with E-state index in [9.17, 15) is 4.79 Å². The third-order valence-corrected chi connectivity index (χ3v) is 5.04. The van der Waals surface area contributed by atoms with Crippen molar-refractivity contribution in [2.24, 2.45) is 5.92 Å². The quantitative estimate of drug-likeness (QED) is 0.709. The van der Waals surface area contributed by atoms with Crippen LogP contribution in [-0.2, 0) is 0 Å². The van der Waals surface area contributed by atoms with Crippen molar-refractivity contribution < 1.29 is 9.15 Å². The van der Waals surface area contributed by atoms with E-state index in [1.165, 1.54) is 12.8 Å². The smallest absolute Gasteiger partial charge is 0.204 e. The van der Waals surface area contributed by atoms with Crippen LogP contribution in [0.3, 0.4) is 0 Å². The molecule has 4 rings (SSSR count). The molecule has 1 unspecified atom stereocenters. The van der Waals surface area contributed by atoms with Crippen LogP contribution in [0.5, 0.6) is 5.75 Å². The predicted octanol–water partition coefficient (Wildman–Crippen LogP) is 4.18. The minimum absolute atomic E-state index is 0.0474. The minimum atomic E-state index is -0.0474. The maximum atomic E-state index is 13.1. The van der Waals surface area contributed by atoms with Crippen molar-refractivity contribution in [3.8, 4) is 16.9 Å². The SMILES string of the molecule is CN1CCCC(COc2cccc3occ(-c4ccccc4)c(=O)c23)C1. The lowest BCUT2D eigenvalue weighted by Gasteiger charge is -2.29. The first-order chi connectivity index (χ1) is 12.7. The van der Waals surface area contributed by atoms with Crippen LogP contribution in [0.25, 0.3) is 22.1 Å². The summed E-state index contributed by atoms with van der Waals surface area (Å²) < 4.78 is 11.8. The van der Waals surface area contributed by atoms with Gasteiger partial charge in [-0.25, -0.2) is 0 Å². The molecule has 1 aliphatic heterocycles. The van der Waals surface area contributed by atoms with Gasteiger partial charge in [-0.2, -0.15) is 0 Å². The number of hydrogen-bond acceptors (Lipinski definition) is 4. The van der Waals surface area contributed by atoms with Crippen LogP contribution in [0.4, 0.5) is 0 Å². The monoisotopic (exact) mass is 349 g/mol. The maximum absolute atomic E-state index is 13.1. The molecule has 0 radical (unpaired) electrons. The Hall–Kier alpha value is -2.59. The van der Waals surface area contributed by atoms with Crippen LogP contribution in [-0.4, -0.2) is 31.6 Å². The summed E-state index contributed by atoms with van der Waals surface area (Å²) in [5.74, 6) is 1.11. The highest BCUT2D eigenvalue weighted by atomic mass is 16.5. The molecular weight excluding hydrogens is 326 g/mol. The Labute approximate surface area is 153 Å². The van der Waals surface area contributed by atoms with Gasteiger partial charge in [0.1, 0.15) is 23.0 Å². The standard InChI is InChI=1S/C22H23NO3/c1-23-12-6-7-16(13-23)14-25-19-10-5-11-20-21(19)22(24)18(15-26-20)17-8-3-2-4-9-17/h2-5,8-11,15-16H,6-7,12-14H2,1H3. The van der Waals surface area contributed by atoms with Crippen LogP contribution >= 0.6 is 0 Å². The molecule has 0 saturated carbocycles. The highest BCUT2D eigenvalue weighted by Gasteiger charge is 2.19. The first-order valence-corrected chi connectivity index (χ1v) is 9.13. The number of ether oxygens (including phenoxy) is 1. The Balaban J connectivity index is 1.67. The van der Waals surface area contributed by atoms with Crippen molar-refractivity contribution in [2.45, 2.75) is 12.8 Å². The fraction of sp³-hybridized carbons (Fsp3) is 0.318. The van der Waals surface area contributed by atoms with Crippen molar-refractivity contribution in [1.82, 2.24) is 4.90 Å². The molecule has 1 atom stereocenters. The summed E-state index contributed by atoms with van der Waals surface area (Å²) in [4.78, 5) is 15.4. The zero-order valence-corrected chi connectivity index (χ0v) is 15.0. The topological polar surface area (TPSA) is 42.7 Å². The number of nitrogens with zero attached hydrogens (tertiary/aromatic N) is 1. The lowest BCUT2D eigenvalue weighted by Crippen LogP contribution is -2.34. The molecular formula is C22H23NO3. The van der Waals surface area contributed by atoms with Gasteiger partial charge in [0.05, 0.1) is 12.2 Å².